The predicted octanol–water partition coefficient (Wildman–Crippen LogP) is 17.9. The summed E-state index contributed by atoms with van der Waals surface area (Å²) in [6.07, 6.45) is 62.8. The number of hydrogen-bond donors (Lipinski definition) is 0. The first-order valence-corrected chi connectivity index (χ1v) is 27.1. The van der Waals surface area contributed by atoms with Crippen molar-refractivity contribution < 1.29 is 28.6 Å². The summed E-state index contributed by atoms with van der Waals surface area (Å²) in [6.45, 7) is 6.54. The fourth-order valence-electron chi connectivity index (χ4n) is 7.71. The van der Waals surface area contributed by atoms with E-state index in [1.807, 2.05) is 6.08 Å². The van der Waals surface area contributed by atoms with Gasteiger partial charge < -0.3 is 14.2 Å². The van der Waals surface area contributed by atoms with Crippen LogP contribution < -0.4 is 0 Å². The molecule has 0 amide bonds. The van der Waals surface area contributed by atoms with Gasteiger partial charge in [0, 0.05) is 19.3 Å². The van der Waals surface area contributed by atoms with Gasteiger partial charge in [-0.05, 0) is 64.2 Å². The molecule has 0 N–H and O–H groups in total. The minimum absolute atomic E-state index is 0.125. The van der Waals surface area contributed by atoms with E-state index in [1.165, 1.54) is 193 Å². The summed E-state index contributed by atoms with van der Waals surface area (Å²) < 4.78 is 16.7. The fraction of sp³-hybridized carbons (Fsp3) is 0.807. The van der Waals surface area contributed by atoms with Gasteiger partial charge >= 0.3 is 17.9 Å². The molecule has 0 aliphatic carbocycles. The Morgan fingerprint density at radius 1 is 0.317 bits per heavy atom. The number of esters is 3. The highest BCUT2D eigenvalue weighted by Gasteiger charge is 2.19. The van der Waals surface area contributed by atoms with Crippen molar-refractivity contribution >= 4 is 17.9 Å². The summed E-state index contributed by atoms with van der Waals surface area (Å²) in [4.78, 5) is 37.9. The molecule has 0 saturated heterocycles. The Morgan fingerprint density at radius 3 is 0.905 bits per heavy atom. The molecule has 0 aliphatic heterocycles. The molecule has 0 fully saturated rings. The van der Waals surface area contributed by atoms with Crippen molar-refractivity contribution in [2.75, 3.05) is 13.2 Å². The van der Waals surface area contributed by atoms with E-state index in [9.17, 15) is 14.4 Å². The van der Waals surface area contributed by atoms with Crippen LogP contribution in [0.1, 0.15) is 278 Å². The van der Waals surface area contributed by atoms with Gasteiger partial charge in [-0.3, -0.25) is 14.4 Å². The maximum Gasteiger partial charge on any atom is 0.306 e. The number of unbranched alkanes of at least 4 members (excludes halogenated alkanes) is 30. The van der Waals surface area contributed by atoms with Gasteiger partial charge in [-0.2, -0.15) is 0 Å². The van der Waals surface area contributed by atoms with Gasteiger partial charge in [0.25, 0.3) is 0 Å². The molecule has 0 radical (unpaired) electrons. The van der Waals surface area contributed by atoms with E-state index in [2.05, 4.69) is 63.3 Å². The highest BCUT2D eigenvalue weighted by Crippen LogP contribution is 2.15. The highest BCUT2D eigenvalue weighted by molar-refractivity contribution is 5.71. The maximum atomic E-state index is 12.8. The number of rotatable bonds is 49. The highest BCUT2D eigenvalue weighted by atomic mass is 16.6. The Labute approximate surface area is 390 Å². The van der Waals surface area contributed by atoms with Crippen LogP contribution in [0.15, 0.2) is 48.6 Å². The molecule has 0 spiro atoms. The lowest BCUT2D eigenvalue weighted by Crippen LogP contribution is -2.30. The Hall–Kier alpha value is -2.63. The van der Waals surface area contributed by atoms with Crippen LogP contribution in [0.2, 0.25) is 0 Å². The second-order valence-corrected chi connectivity index (χ2v) is 18.1. The van der Waals surface area contributed by atoms with Crippen molar-refractivity contribution in [1.29, 1.82) is 0 Å². The Balaban J connectivity index is 4.49. The van der Waals surface area contributed by atoms with Crippen molar-refractivity contribution in [2.24, 2.45) is 0 Å². The van der Waals surface area contributed by atoms with Crippen LogP contribution in [0.4, 0.5) is 0 Å². The molecular weight excluding hydrogens is 781 g/mol. The monoisotopic (exact) mass is 883 g/mol. The molecule has 6 nitrogen and oxygen atoms in total. The van der Waals surface area contributed by atoms with Crippen LogP contribution in [0.5, 0.6) is 0 Å². The third-order valence-corrected chi connectivity index (χ3v) is 11.8. The van der Waals surface area contributed by atoms with Crippen LogP contribution in [-0.2, 0) is 28.6 Å². The maximum absolute atomic E-state index is 12.8. The van der Waals surface area contributed by atoms with Gasteiger partial charge in [0.15, 0.2) is 6.10 Å². The molecule has 0 aromatic carbocycles. The van der Waals surface area contributed by atoms with Gasteiger partial charge in [0.05, 0.1) is 0 Å². The predicted molar refractivity (Wildman–Crippen MR) is 270 cm³/mol. The summed E-state index contributed by atoms with van der Waals surface area (Å²) in [5.41, 5.74) is 0. The first kappa shape index (κ1) is 60.4. The van der Waals surface area contributed by atoms with Crippen LogP contribution in [0.3, 0.4) is 0 Å². The zero-order valence-corrected chi connectivity index (χ0v) is 41.8. The summed E-state index contributed by atoms with van der Waals surface area (Å²) in [5.74, 6) is -1.08. The molecule has 0 saturated carbocycles. The third kappa shape index (κ3) is 50.2. The van der Waals surface area contributed by atoms with Gasteiger partial charge in [-0.25, -0.2) is 0 Å². The molecule has 0 aromatic rings. The van der Waals surface area contributed by atoms with E-state index in [4.69, 9.17) is 14.2 Å². The molecule has 0 aromatic heterocycles. The van der Waals surface area contributed by atoms with E-state index < -0.39 is 6.10 Å². The van der Waals surface area contributed by atoms with E-state index in [0.717, 1.165) is 25.7 Å². The zero-order valence-electron chi connectivity index (χ0n) is 41.8. The SMILES string of the molecule is CCCCCCCCCCC=CCC=CCCC(=O)OCC(COC(=O)CCC=CCCCCCCCCCCCCC)OC(=O)CCC=CCCCCCCCCCCCCC. The summed E-state index contributed by atoms with van der Waals surface area (Å²) in [7, 11) is 0. The number of carbonyl (C=O) groups is 3. The van der Waals surface area contributed by atoms with Gasteiger partial charge in [-0.15, -0.1) is 0 Å². The standard InChI is InChI=1S/C57H102O6/c1-4-7-10-13-16-19-22-25-28-31-34-37-40-43-46-49-55(58)61-52-54(63-57(60)51-48-45-42-39-36-33-30-27-24-21-18-15-12-9-6-3)53-62-56(59)50-47-44-41-38-35-32-29-26-23-20-17-14-11-8-5-2/h31,34,40-45,54H,4-30,32-33,35-39,46-53H2,1-3H3. The molecule has 0 aliphatic rings. The molecule has 6 heteroatoms. The molecule has 1 unspecified atom stereocenters. The van der Waals surface area contributed by atoms with Crippen LogP contribution in [0, 0.1) is 0 Å². The average Bonchev–Trinajstić information content (AvgIpc) is 3.28. The van der Waals surface area contributed by atoms with Crippen molar-refractivity contribution in [3.8, 4) is 0 Å². The number of allylic oxidation sites excluding steroid dienone is 8. The molecule has 1 atom stereocenters. The number of ether oxygens (including phenoxy) is 3. The number of carbonyl (C=O) groups excluding carboxylic acids is 3. The van der Waals surface area contributed by atoms with Crippen LogP contribution in [0.25, 0.3) is 0 Å². The summed E-state index contributed by atoms with van der Waals surface area (Å²) in [5, 5.41) is 0. The minimum Gasteiger partial charge on any atom is -0.462 e. The first-order valence-electron chi connectivity index (χ1n) is 27.1. The number of hydrogen-bond acceptors (Lipinski definition) is 6. The summed E-state index contributed by atoms with van der Waals surface area (Å²) >= 11 is 0. The van der Waals surface area contributed by atoms with Crippen LogP contribution >= 0.6 is 0 Å². The quantitative estimate of drug-likeness (QED) is 0.0262. The smallest absolute Gasteiger partial charge is 0.306 e. The topological polar surface area (TPSA) is 78.9 Å². The van der Waals surface area contributed by atoms with E-state index in [0.29, 0.717) is 19.3 Å². The Bertz CT molecular complexity index is 1110. The van der Waals surface area contributed by atoms with E-state index in [1.54, 1.807) is 0 Å². The average molecular weight is 883 g/mol. The zero-order chi connectivity index (χ0) is 45.8. The van der Waals surface area contributed by atoms with Crippen molar-refractivity contribution in [3.05, 3.63) is 48.6 Å². The summed E-state index contributed by atoms with van der Waals surface area (Å²) in [6, 6.07) is 0. The van der Waals surface area contributed by atoms with Crippen molar-refractivity contribution in [2.45, 2.75) is 284 Å². The van der Waals surface area contributed by atoms with Gasteiger partial charge in [0.1, 0.15) is 13.2 Å². The normalized spacial score (nSPS) is 12.4. The molecule has 63 heavy (non-hydrogen) atoms. The van der Waals surface area contributed by atoms with E-state index >= 15 is 0 Å². The van der Waals surface area contributed by atoms with Crippen molar-refractivity contribution in [1.82, 2.24) is 0 Å². The minimum atomic E-state index is -0.830. The lowest BCUT2D eigenvalue weighted by Gasteiger charge is -2.18. The molecular formula is C57H102O6. The Kier molecular flexibility index (Phi) is 49.8. The second kappa shape index (κ2) is 52.0. The Morgan fingerprint density at radius 2 is 0.571 bits per heavy atom. The molecule has 0 rings (SSSR count). The largest absolute Gasteiger partial charge is 0.462 e. The first-order chi connectivity index (χ1) is 31.0. The molecule has 366 valence electrons. The van der Waals surface area contributed by atoms with Gasteiger partial charge in [0.2, 0.25) is 0 Å². The van der Waals surface area contributed by atoms with E-state index in [-0.39, 0.29) is 50.4 Å². The third-order valence-electron chi connectivity index (χ3n) is 11.8. The van der Waals surface area contributed by atoms with Crippen molar-refractivity contribution in [3.63, 3.8) is 0 Å². The lowest BCUT2D eigenvalue weighted by atomic mass is 10.1. The fourth-order valence-corrected chi connectivity index (χ4v) is 7.71. The molecule has 0 heterocycles. The van der Waals surface area contributed by atoms with Gasteiger partial charge in [-0.1, -0.05) is 243 Å². The second-order valence-electron chi connectivity index (χ2n) is 18.1. The lowest BCUT2D eigenvalue weighted by molar-refractivity contribution is -0.166. The molecule has 0 bridgehead atoms. The van der Waals surface area contributed by atoms with Crippen LogP contribution in [-0.4, -0.2) is 37.2 Å².